The van der Waals surface area contributed by atoms with Crippen molar-refractivity contribution in [2.24, 2.45) is 0 Å². The van der Waals surface area contributed by atoms with E-state index < -0.39 is 16.1 Å². The van der Waals surface area contributed by atoms with Crippen molar-refractivity contribution in [1.82, 2.24) is 4.90 Å². The molecule has 0 aliphatic carbocycles. The second kappa shape index (κ2) is 6.78. The predicted octanol–water partition coefficient (Wildman–Crippen LogP) is 3.57. The summed E-state index contributed by atoms with van der Waals surface area (Å²) in [5.74, 6) is -0.163. The molecule has 0 bridgehead atoms. The van der Waals surface area contributed by atoms with Gasteiger partial charge in [0.25, 0.3) is 10.0 Å². The first-order valence-corrected chi connectivity index (χ1v) is 9.87. The summed E-state index contributed by atoms with van der Waals surface area (Å²) in [5, 5.41) is 0.458. The summed E-state index contributed by atoms with van der Waals surface area (Å²) in [6, 6.07) is 12.1. The zero-order valence-electron chi connectivity index (χ0n) is 14.7. The minimum absolute atomic E-state index is 0.127. The lowest BCUT2D eigenvalue weighted by molar-refractivity contribution is 0.102. The Kier molecular flexibility index (Phi) is 4.82. The van der Waals surface area contributed by atoms with Gasteiger partial charge >= 0.3 is 0 Å². The molecule has 0 N–H and O–H groups in total. The zero-order valence-corrected chi connectivity index (χ0v) is 16.3. The standard InChI is InChI=1S/C19H19ClN2O3S/c1-13-17(12-21(2)3)19(23)16-6-4-5-7-18(16)22(13)26(24,25)15-10-8-14(20)9-11-15/h4-13H,1-3H3/b17-12-. The number of hydrogen-bond acceptors (Lipinski definition) is 4. The van der Waals surface area contributed by atoms with Gasteiger partial charge in [0.05, 0.1) is 16.6 Å². The first-order valence-electron chi connectivity index (χ1n) is 8.05. The number of hydrogen-bond donors (Lipinski definition) is 0. The van der Waals surface area contributed by atoms with Crippen molar-refractivity contribution < 1.29 is 13.2 Å². The van der Waals surface area contributed by atoms with Crippen LogP contribution >= 0.6 is 11.6 Å². The van der Waals surface area contributed by atoms with Crippen LogP contribution in [-0.4, -0.2) is 39.2 Å². The van der Waals surface area contributed by atoms with Crippen molar-refractivity contribution in [1.29, 1.82) is 0 Å². The number of carbonyl (C=O) groups is 1. The van der Waals surface area contributed by atoms with E-state index in [0.29, 0.717) is 21.8 Å². The second-order valence-corrected chi connectivity index (χ2v) is 8.58. The van der Waals surface area contributed by atoms with Gasteiger partial charge in [-0.25, -0.2) is 8.42 Å². The maximum atomic E-state index is 13.3. The highest BCUT2D eigenvalue weighted by Crippen LogP contribution is 2.37. The summed E-state index contributed by atoms with van der Waals surface area (Å²) >= 11 is 5.89. The molecule has 0 fully saturated rings. The highest BCUT2D eigenvalue weighted by Gasteiger charge is 2.40. The van der Waals surface area contributed by atoms with Crippen LogP contribution in [0.25, 0.3) is 0 Å². The Morgan fingerprint density at radius 1 is 1.08 bits per heavy atom. The van der Waals surface area contributed by atoms with Crippen LogP contribution in [0, 0.1) is 0 Å². The van der Waals surface area contributed by atoms with Crippen LogP contribution < -0.4 is 4.31 Å². The smallest absolute Gasteiger partial charge is 0.264 e. The summed E-state index contributed by atoms with van der Waals surface area (Å²) in [6.45, 7) is 1.72. The quantitative estimate of drug-likeness (QED) is 0.752. The molecule has 0 radical (unpaired) electrons. The molecule has 0 aromatic heterocycles. The van der Waals surface area contributed by atoms with Crippen LogP contribution in [0.3, 0.4) is 0 Å². The molecule has 5 nitrogen and oxygen atoms in total. The average molecular weight is 391 g/mol. The number of nitrogens with zero attached hydrogens (tertiary/aromatic N) is 2. The van der Waals surface area contributed by atoms with E-state index in [1.807, 2.05) is 0 Å². The Morgan fingerprint density at radius 2 is 1.69 bits per heavy atom. The average Bonchev–Trinajstić information content (AvgIpc) is 2.59. The number of ketones is 1. The summed E-state index contributed by atoms with van der Waals surface area (Å²) < 4.78 is 28.0. The van der Waals surface area contributed by atoms with Crippen LogP contribution in [0.5, 0.6) is 0 Å². The molecule has 0 spiro atoms. The minimum atomic E-state index is -3.87. The normalized spacial score (nSPS) is 18.8. The Balaban J connectivity index is 2.23. The van der Waals surface area contributed by atoms with Crippen molar-refractivity contribution in [3.8, 4) is 0 Å². The highest BCUT2D eigenvalue weighted by molar-refractivity contribution is 7.92. The van der Waals surface area contributed by atoms with E-state index in [1.165, 1.54) is 28.6 Å². The second-order valence-electron chi connectivity index (χ2n) is 6.33. The van der Waals surface area contributed by atoms with Gasteiger partial charge in [0.1, 0.15) is 0 Å². The molecule has 0 saturated carbocycles. The summed E-state index contributed by atoms with van der Waals surface area (Å²) in [7, 11) is -0.276. The molecule has 3 rings (SSSR count). The number of para-hydroxylation sites is 1. The van der Waals surface area contributed by atoms with E-state index in [0.717, 1.165) is 0 Å². The fourth-order valence-corrected chi connectivity index (χ4v) is 4.82. The molecule has 1 unspecified atom stereocenters. The molecule has 7 heteroatoms. The van der Waals surface area contributed by atoms with E-state index in [4.69, 9.17) is 11.6 Å². The zero-order chi connectivity index (χ0) is 19.1. The third kappa shape index (κ3) is 3.10. The highest BCUT2D eigenvalue weighted by atomic mass is 35.5. The maximum Gasteiger partial charge on any atom is 0.264 e. The Bertz CT molecular complexity index is 982. The van der Waals surface area contributed by atoms with Gasteiger partial charge in [-0.15, -0.1) is 0 Å². The molecule has 0 amide bonds. The fourth-order valence-electron chi connectivity index (χ4n) is 3.04. The molecule has 1 atom stereocenters. The number of sulfonamides is 1. The first kappa shape index (κ1) is 18.5. The van der Waals surface area contributed by atoms with Gasteiger partial charge < -0.3 is 4.90 Å². The Labute approximate surface area is 158 Å². The SMILES string of the molecule is CC1/C(=C/N(C)C)C(=O)c2ccccc2N1S(=O)(=O)c1ccc(Cl)cc1. The molecule has 136 valence electrons. The van der Waals surface area contributed by atoms with Gasteiger partial charge in [-0.2, -0.15) is 0 Å². The summed E-state index contributed by atoms with van der Waals surface area (Å²) in [4.78, 5) is 14.8. The first-order chi connectivity index (χ1) is 12.2. The Morgan fingerprint density at radius 3 is 2.31 bits per heavy atom. The van der Waals surface area contributed by atoms with Crippen LogP contribution in [0.15, 0.2) is 65.2 Å². The van der Waals surface area contributed by atoms with E-state index in [1.54, 1.807) is 56.4 Å². The number of carbonyl (C=O) groups excluding carboxylic acids is 1. The van der Waals surface area contributed by atoms with Crippen LogP contribution in [0.4, 0.5) is 5.69 Å². The third-order valence-corrected chi connectivity index (χ3v) is 6.37. The summed E-state index contributed by atoms with van der Waals surface area (Å²) in [5.41, 5.74) is 1.18. The number of anilines is 1. The van der Waals surface area contributed by atoms with Gasteiger partial charge in [0.2, 0.25) is 0 Å². The van der Waals surface area contributed by atoms with Crippen LogP contribution in [-0.2, 0) is 10.0 Å². The largest absolute Gasteiger partial charge is 0.383 e. The molecule has 2 aromatic carbocycles. The lowest BCUT2D eigenvalue weighted by Crippen LogP contribution is -2.45. The minimum Gasteiger partial charge on any atom is -0.383 e. The number of halogens is 1. The predicted molar refractivity (Wildman–Crippen MR) is 103 cm³/mol. The van der Waals surface area contributed by atoms with Gasteiger partial charge in [-0.1, -0.05) is 23.7 Å². The molecule has 1 aliphatic heterocycles. The van der Waals surface area contributed by atoms with Gasteiger partial charge in [-0.3, -0.25) is 9.10 Å². The van der Waals surface area contributed by atoms with E-state index in [-0.39, 0.29) is 10.7 Å². The molecule has 1 heterocycles. The molecule has 0 saturated heterocycles. The van der Waals surface area contributed by atoms with Gasteiger partial charge in [-0.05, 0) is 43.3 Å². The van der Waals surface area contributed by atoms with Crippen LogP contribution in [0.2, 0.25) is 5.02 Å². The number of benzene rings is 2. The number of fused-ring (bicyclic) bond motifs is 1. The monoisotopic (exact) mass is 390 g/mol. The summed E-state index contributed by atoms with van der Waals surface area (Å²) in [6.07, 6.45) is 1.67. The molecular formula is C19H19ClN2O3S. The molecule has 26 heavy (non-hydrogen) atoms. The van der Waals surface area contributed by atoms with Gasteiger partial charge in [0, 0.05) is 36.5 Å². The van der Waals surface area contributed by atoms with Crippen LogP contribution in [0.1, 0.15) is 17.3 Å². The number of Topliss-reactive ketones (excluding diaryl/α,β-unsaturated/α-hetero) is 1. The van der Waals surface area contributed by atoms with Crippen molar-refractivity contribution in [2.45, 2.75) is 17.9 Å². The van der Waals surface area contributed by atoms with E-state index >= 15 is 0 Å². The molecule has 2 aromatic rings. The fraction of sp³-hybridized carbons (Fsp3) is 0.211. The lowest BCUT2D eigenvalue weighted by atomic mass is 9.93. The topological polar surface area (TPSA) is 57.7 Å². The van der Waals surface area contributed by atoms with Crippen molar-refractivity contribution >= 4 is 33.1 Å². The van der Waals surface area contributed by atoms with E-state index in [9.17, 15) is 13.2 Å². The van der Waals surface area contributed by atoms with E-state index in [2.05, 4.69) is 0 Å². The molecular weight excluding hydrogens is 372 g/mol. The number of rotatable bonds is 3. The Hall–Kier alpha value is -2.31. The van der Waals surface area contributed by atoms with Gasteiger partial charge in [0.15, 0.2) is 5.78 Å². The lowest BCUT2D eigenvalue weighted by Gasteiger charge is -2.37. The van der Waals surface area contributed by atoms with Crippen molar-refractivity contribution in [3.05, 3.63) is 70.9 Å². The third-order valence-electron chi connectivity index (χ3n) is 4.22. The van der Waals surface area contributed by atoms with Crippen molar-refractivity contribution in [3.63, 3.8) is 0 Å². The van der Waals surface area contributed by atoms with Crippen molar-refractivity contribution in [2.75, 3.05) is 18.4 Å². The maximum absolute atomic E-state index is 13.3. The molecule has 1 aliphatic rings.